The van der Waals surface area contributed by atoms with Gasteiger partial charge in [0.1, 0.15) is 0 Å². The summed E-state index contributed by atoms with van der Waals surface area (Å²) in [6.07, 6.45) is 13.3. The number of urea groups is 1. The Morgan fingerprint density at radius 3 is 2.51 bits per heavy atom. The summed E-state index contributed by atoms with van der Waals surface area (Å²) in [6, 6.07) is -0.756. The van der Waals surface area contributed by atoms with E-state index in [1.54, 1.807) is 0 Å². The van der Waals surface area contributed by atoms with Gasteiger partial charge in [-0.2, -0.15) is 8.42 Å². The van der Waals surface area contributed by atoms with Gasteiger partial charge >= 0.3 is 6.03 Å². The lowest BCUT2D eigenvalue weighted by Gasteiger charge is -2.64. The Morgan fingerprint density at radius 1 is 1.05 bits per heavy atom. The molecule has 0 bridgehead atoms. The third kappa shape index (κ3) is 5.10. The second-order valence-corrected chi connectivity index (χ2v) is 14.9. The second-order valence-electron chi connectivity index (χ2n) is 13.3. The smallest absolute Gasteiger partial charge is 0.328 e. The summed E-state index contributed by atoms with van der Waals surface area (Å²) in [4.78, 5) is 19.7. The summed E-state index contributed by atoms with van der Waals surface area (Å²) in [5, 5.41) is 24.7. The van der Waals surface area contributed by atoms with E-state index < -0.39 is 16.1 Å². The number of aliphatic hydroxyl groups excluding tert-OH is 2. The number of hydrogen-bond acceptors (Lipinski definition) is 7. The number of carbonyl (C=O) groups excluding carboxylic acids is 1. The van der Waals surface area contributed by atoms with Crippen LogP contribution in [0.4, 0.5) is 4.79 Å². The Hall–Kier alpha value is -1.78. The molecule has 1 heterocycles. The number of rotatable bonds is 7. The van der Waals surface area contributed by atoms with Gasteiger partial charge in [-0.15, -0.1) is 0 Å². The van der Waals surface area contributed by atoms with Gasteiger partial charge in [0.25, 0.3) is 10.0 Å². The maximum absolute atomic E-state index is 12.3. The molecule has 0 saturated heterocycles. The van der Waals surface area contributed by atoms with Crippen LogP contribution in [-0.2, 0) is 10.0 Å². The van der Waals surface area contributed by atoms with Gasteiger partial charge < -0.3 is 15.5 Å². The Morgan fingerprint density at radius 2 is 1.79 bits per heavy atom. The molecule has 10 heteroatoms. The zero-order valence-corrected chi connectivity index (χ0v) is 24.4. The summed E-state index contributed by atoms with van der Waals surface area (Å²) >= 11 is 0. The van der Waals surface area contributed by atoms with E-state index in [4.69, 9.17) is 0 Å². The largest absolute Gasteiger partial charge is 0.393 e. The van der Waals surface area contributed by atoms with Crippen LogP contribution >= 0.6 is 0 Å². The molecule has 0 spiro atoms. The number of amides is 2. The molecule has 10 atom stereocenters. The third-order valence-electron chi connectivity index (χ3n) is 11.6. The minimum atomic E-state index is -4.05. The maximum Gasteiger partial charge on any atom is 0.328 e. The molecule has 5 rings (SSSR count). The monoisotopic (exact) mass is 562 g/mol. The molecule has 2 amide bonds. The number of carbonyl (C=O) groups is 1. The van der Waals surface area contributed by atoms with E-state index in [9.17, 15) is 23.4 Å². The quantitative estimate of drug-likeness (QED) is 0.370. The Labute approximate surface area is 233 Å². The first-order valence-corrected chi connectivity index (χ1v) is 16.4. The molecule has 0 unspecified atom stereocenters. The Balaban J connectivity index is 1.19. The third-order valence-corrected chi connectivity index (χ3v) is 12.9. The number of hydrogen-bond donors (Lipinski definition) is 4. The van der Waals surface area contributed by atoms with E-state index in [1.807, 2.05) is 4.72 Å². The number of fused-ring (bicyclic) bond motifs is 5. The second kappa shape index (κ2) is 10.9. The highest BCUT2D eigenvalue weighted by molar-refractivity contribution is 7.90. The molecule has 4 N–H and O–H groups in total. The van der Waals surface area contributed by atoms with Gasteiger partial charge in [-0.05, 0) is 104 Å². The fraction of sp³-hybridized carbons (Fsp3) is 0.828. The summed E-state index contributed by atoms with van der Waals surface area (Å²) in [5.41, 5.74) is 0.377. The Bertz CT molecular complexity index is 1140. The Kier molecular flexibility index (Phi) is 8.03. The topological polar surface area (TPSA) is 142 Å². The van der Waals surface area contributed by atoms with Crippen LogP contribution in [0.3, 0.4) is 0 Å². The maximum atomic E-state index is 12.3. The van der Waals surface area contributed by atoms with Crippen LogP contribution in [0.25, 0.3) is 0 Å². The molecular weight excluding hydrogens is 516 g/mol. The lowest BCUT2D eigenvalue weighted by atomic mass is 9.41. The van der Waals surface area contributed by atoms with Gasteiger partial charge in [0.15, 0.2) is 5.03 Å². The fourth-order valence-electron chi connectivity index (χ4n) is 9.73. The van der Waals surface area contributed by atoms with Crippen LogP contribution in [-0.4, -0.2) is 53.4 Å². The molecule has 218 valence electrons. The summed E-state index contributed by atoms with van der Waals surface area (Å²) in [7, 11) is -4.05. The van der Waals surface area contributed by atoms with Gasteiger partial charge in [0.2, 0.25) is 0 Å². The van der Waals surface area contributed by atoms with E-state index in [1.165, 1.54) is 18.8 Å². The molecule has 4 aliphatic carbocycles. The molecule has 39 heavy (non-hydrogen) atoms. The zero-order valence-electron chi connectivity index (χ0n) is 23.6. The highest BCUT2D eigenvalue weighted by Crippen LogP contribution is 2.69. The van der Waals surface area contributed by atoms with Crippen molar-refractivity contribution in [1.29, 1.82) is 0 Å². The molecule has 9 nitrogen and oxygen atoms in total. The van der Waals surface area contributed by atoms with E-state index in [0.29, 0.717) is 36.1 Å². The van der Waals surface area contributed by atoms with Crippen LogP contribution < -0.4 is 10.0 Å². The van der Waals surface area contributed by atoms with Crippen LogP contribution in [0.15, 0.2) is 23.6 Å². The highest BCUT2D eigenvalue weighted by atomic mass is 32.2. The normalized spacial score (nSPS) is 41.7. The predicted molar refractivity (Wildman–Crippen MR) is 147 cm³/mol. The minimum Gasteiger partial charge on any atom is -0.393 e. The average Bonchev–Trinajstić information content (AvgIpc) is 3.24. The summed E-state index contributed by atoms with van der Waals surface area (Å²) in [6.45, 7) is 7.50. The van der Waals surface area contributed by atoms with Crippen LogP contribution in [0.1, 0.15) is 85.0 Å². The summed E-state index contributed by atoms with van der Waals surface area (Å²) in [5.74, 6) is 2.54. The van der Waals surface area contributed by atoms with E-state index in [-0.39, 0.29) is 34.0 Å². The number of sulfonamides is 1. The average molecular weight is 563 g/mol. The van der Waals surface area contributed by atoms with Gasteiger partial charge in [-0.25, -0.2) is 14.5 Å². The number of aliphatic hydroxyl groups is 2. The van der Waals surface area contributed by atoms with Crippen molar-refractivity contribution in [3.05, 3.63) is 18.6 Å². The molecule has 1 aromatic rings. The van der Waals surface area contributed by atoms with Crippen molar-refractivity contribution < 1.29 is 23.4 Å². The highest BCUT2D eigenvalue weighted by Gasteiger charge is 2.64. The molecule has 4 aliphatic rings. The molecule has 4 fully saturated rings. The van der Waals surface area contributed by atoms with Crippen molar-refractivity contribution in [3.63, 3.8) is 0 Å². The number of aromatic nitrogens is 2. The van der Waals surface area contributed by atoms with Crippen molar-refractivity contribution in [3.8, 4) is 0 Å². The summed E-state index contributed by atoms with van der Waals surface area (Å²) < 4.78 is 26.6. The minimum absolute atomic E-state index is 0.176. The van der Waals surface area contributed by atoms with Crippen molar-refractivity contribution in [2.45, 2.75) is 102 Å². The van der Waals surface area contributed by atoms with Gasteiger partial charge in [0, 0.05) is 18.9 Å². The van der Waals surface area contributed by atoms with Gasteiger partial charge in [0.05, 0.1) is 18.4 Å². The predicted octanol–water partition coefficient (Wildman–Crippen LogP) is 3.87. The van der Waals surface area contributed by atoms with Gasteiger partial charge in [-0.3, -0.25) is 4.98 Å². The number of nitrogens with one attached hydrogen (secondary N) is 2. The van der Waals surface area contributed by atoms with Crippen molar-refractivity contribution in [2.75, 3.05) is 6.54 Å². The molecule has 0 aromatic carbocycles. The first-order valence-electron chi connectivity index (χ1n) is 14.9. The molecule has 0 aliphatic heterocycles. The van der Waals surface area contributed by atoms with E-state index >= 15 is 0 Å². The first-order chi connectivity index (χ1) is 18.5. The lowest BCUT2D eigenvalue weighted by Crippen LogP contribution is -2.62. The fourth-order valence-corrected chi connectivity index (χ4v) is 10.5. The van der Waals surface area contributed by atoms with Crippen LogP contribution in [0.5, 0.6) is 0 Å². The molecule has 0 radical (unpaired) electrons. The van der Waals surface area contributed by atoms with Crippen LogP contribution in [0.2, 0.25) is 0 Å². The SMILES string of the molecule is CC[C@H]1[C@@H](O)[C@@H]2[C@H](CC[C@]3(C)[C@@H](CCCNC(=O)NS(=O)(=O)c4cnccn4)CC[C@@H]23)[C@@]2(C)CC[C@@H](O)C[C@@H]12. The van der Waals surface area contributed by atoms with Gasteiger partial charge in [-0.1, -0.05) is 27.2 Å². The molecule has 4 saturated carbocycles. The van der Waals surface area contributed by atoms with E-state index in [2.05, 4.69) is 36.1 Å². The zero-order chi connectivity index (χ0) is 28.0. The van der Waals surface area contributed by atoms with Crippen molar-refractivity contribution in [2.24, 2.45) is 46.3 Å². The van der Waals surface area contributed by atoms with Crippen molar-refractivity contribution >= 4 is 16.1 Å². The first kappa shape index (κ1) is 28.7. The van der Waals surface area contributed by atoms with Crippen LogP contribution in [0, 0.1) is 46.3 Å². The molecule has 1 aromatic heterocycles. The lowest BCUT2D eigenvalue weighted by molar-refractivity contribution is -0.202. The number of nitrogens with zero attached hydrogens (tertiary/aromatic N) is 2. The van der Waals surface area contributed by atoms with Crippen molar-refractivity contribution in [1.82, 2.24) is 20.0 Å². The molecular formula is C29H46N4O5S. The van der Waals surface area contributed by atoms with E-state index in [0.717, 1.165) is 64.0 Å². The standard InChI is InChI=1S/C29H46N4O5S/c1-4-20-23-16-19(34)9-11-29(23,3)22-10-12-28(2)18(7-8-21(28)25(22)26(20)35)6-5-13-32-27(36)33-39(37,38)24-17-30-14-15-31-24/h14-15,17-23,25-26,34-35H,4-13,16H2,1-3H3,(H2,32,33,36)/t18-,19+,20+,21-,22-,23-,25-,26+,28+,29+/m0/s1.